The van der Waals surface area contributed by atoms with Crippen molar-refractivity contribution in [2.75, 3.05) is 0 Å². The summed E-state index contributed by atoms with van der Waals surface area (Å²) in [7, 11) is 0. The molecule has 0 atom stereocenters. The van der Waals surface area contributed by atoms with Crippen LogP contribution in [0.4, 0.5) is 0 Å². The van der Waals surface area contributed by atoms with Gasteiger partial charge in [0.2, 0.25) is 0 Å². The number of aryl methyl sites for hydroxylation is 1. The van der Waals surface area contributed by atoms with Crippen molar-refractivity contribution in [1.82, 2.24) is 20.3 Å². The van der Waals surface area contributed by atoms with Gasteiger partial charge in [0.15, 0.2) is 5.69 Å². The van der Waals surface area contributed by atoms with Gasteiger partial charge < -0.3 is 5.32 Å². The minimum Gasteiger partial charge on any atom is -0.348 e. The van der Waals surface area contributed by atoms with E-state index in [1.54, 1.807) is 10.9 Å². The molecule has 0 aliphatic heterocycles. The van der Waals surface area contributed by atoms with E-state index in [0.29, 0.717) is 5.69 Å². The molecule has 0 saturated heterocycles. The molecule has 1 amide bonds. The molecule has 1 N–H and O–H groups in total. The Morgan fingerprint density at radius 3 is 2.58 bits per heavy atom. The summed E-state index contributed by atoms with van der Waals surface area (Å²) >= 11 is 0. The van der Waals surface area contributed by atoms with Crippen molar-refractivity contribution in [3.8, 4) is 5.69 Å². The predicted octanol–water partition coefficient (Wildman–Crippen LogP) is 1.97. The van der Waals surface area contributed by atoms with Crippen molar-refractivity contribution in [3.63, 3.8) is 0 Å². The largest absolute Gasteiger partial charge is 0.348 e. The molecule has 0 radical (unpaired) electrons. The van der Waals surface area contributed by atoms with E-state index >= 15 is 0 Å². The third-order valence-corrected chi connectivity index (χ3v) is 2.75. The summed E-state index contributed by atoms with van der Waals surface area (Å²) in [5, 5.41) is 10.7. The number of amides is 1. The first-order valence-corrected chi connectivity index (χ1v) is 6.42. The van der Waals surface area contributed by atoms with Gasteiger partial charge in [-0.2, -0.15) is 0 Å². The maximum atomic E-state index is 11.8. The first kappa shape index (κ1) is 13.3. The van der Waals surface area contributed by atoms with Crippen LogP contribution in [0.25, 0.3) is 5.69 Å². The number of benzene rings is 1. The summed E-state index contributed by atoms with van der Waals surface area (Å²) in [6.07, 6.45) is 2.64. The van der Waals surface area contributed by atoms with Crippen LogP contribution in [0.1, 0.15) is 36.8 Å². The molecule has 1 aromatic heterocycles. The third kappa shape index (κ3) is 3.19. The second kappa shape index (κ2) is 5.65. The molecule has 0 saturated carbocycles. The number of hydrogen-bond donors (Lipinski definition) is 1. The fourth-order valence-electron chi connectivity index (χ4n) is 1.71. The highest BCUT2D eigenvalue weighted by Gasteiger charge is 2.12. The lowest BCUT2D eigenvalue weighted by atomic mass is 10.1. The number of rotatable bonds is 4. The predicted molar refractivity (Wildman–Crippen MR) is 73.3 cm³/mol. The van der Waals surface area contributed by atoms with E-state index in [4.69, 9.17) is 0 Å². The van der Waals surface area contributed by atoms with Crippen LogP contribution in [0, 0.1) is 0 Å². The average molecular weight is 258 g/mol. The molecule has 0 fully saturated rings. The van der Waals surface area contributed by atoms with E-state index in [1.807, 2.05) is 38.1 Å². The quantitative estimate of drug-likeness (QED) is 0.912. The summed E-state index contributed by atoms with van der Waals surface area (Å²) in [4.78, 5) is 11.8. The zero-order valence-corrected chi connectivity index (χ0v) is 11.4. The molecule has 0 unspecified atom stereocenters. The minimum absolute atomic E-state index is 0.0847. The lowest BCUT2D eigenvalue weighted by Crippen LogP contribution is -2.30. The Morgan fingerprint density at radius 1 is 1.32 bits per heavy atom. The molecule has 1 aromatic carbocycles. The van der Waals surface area contributed by atoms with Gasteiger partial charge in [0, 0.05) is 6.04 Å². The maximum absolute atomic E-state index is 11.8. The fourth-order valence-corrected chi connectivity index (χ4v) is 1.71. The van der Waals surface area contributed by atoms with Crippen LogP contribution in [-0.2, 0) is 6.42 Å². The lowest BCUT2D eigenvalue weighted by Gasteiger charge is -2.04. The van der Waals surface area contributed by atoms with Crippen LogP contribution >= 0.6 is 0 Å². The van der Waals surface area contributed by atoms with E-state index in [-0.39, 0.29) is 11.9 Å². The summed E-state index contributed by atoms with van der Waals surface area (Å²) in [6, 6.07) is 8.12. The summed E-state index contributed by atoms with van der Waals surface area (Å²) in [5.41, 5.74) is 2.49. The van der Waals surface area contributed by atoms with Gasteiger partial charge in [-0.3, -0.25) is 4.79 Å². The first-order valence-electron chi connectivity index (χ1n) is 6.42. The standard InChI is InChI=1S/C14H18N4O/c1-4-11-5-7-12(8-6-11)18-9-13(16-17-18)14(19)15-10(2)3/h5-10H,4H2,1-3H3,(H,15,19). The van der Waals surface area contributed by atoms with Crippen LogP contribution in [0.15, 0.2) is 30.5 Å². The molecule has 0 spiro atoms. The van der Waals surface area contributed by atoms with E-state index in [1.165, 1.54) is 5.56 Å². The Balaban J connectivity index is 2.18. The van der Waals surface area contributed by atoms with Crippen molar-refractivity contribution in [2.24, 2.45) is 0 Å². The molecular formula is C14H18N4O. The van der Waals surface area contributed by atoms with Crippen molar-refractivity contribution in [1.29, 1.82) is 0 Å². The molecule has 5 heteroatoms. The molecule has 0 bridgehead atoms. The van der Waals surface area contributed by atoms with Crippen molar-refractivity contribution in [2.45, 2.75) is 33.2 Å². The molecule has 5 nitrogen and oxygen atoms in total. The highest BCUT2D eigenvalue weighted by molar-refractivity contribution is 5.92. The van der Waals surface area contributed by atoms with Gasteiger partial charge in [-0.25, -0.2) is 4.68 Å². The van der Waals surface area contributed by atoms with Gasteiger partial charge in [-0.05, 0) is 38.0 Å². The minimum atomic E-state index is -0.202. The maximum Gasteiger partial charge on any atom is 0.273 e. The second-order valence-electron chi connectivity index (χ2n) is 4.70. The Morgan fingerprint density at radius 2 is 2.00 bits per heavy atom. The van der Waals surface area contributed by atoms with Gasteiger partial charge in [0.25, 0.3) is 5.91 Å². The van der Waals surface area contributed by atoms with Gasteiger partial charge in [0.05, 0.1) is 11.9 Å². The monoisotopic (exact) mass is 258 g/mol. The highest BCUT2D eigenvalue weighted by atomic mass is 16.2. The number of aromatic nitrogens is 3. The molecule has 2 rings (SSSR count). The number of nitrogens with zero attached hydrogens (tertiary/aromatic N) is 3. The Hall–Kier alpha value is -2.17. The van der Waals surface area contributed by atoms with Gasteiger partial charge in [-0.15, -0.1) is 5.10 Å². The van der Waals surface area contributed by atoms with Gasteiger partial charge in [-0.1, -0.05) is 24.3 Å². The molecule has 100 valence electrons. The average Bonchev–Trinajstić information content (AvgIpc) is 2.88. The van der Waals surface area contributed by atoms with Crippen LogP contribution in [0.5, 0.6) is 0 Å². The normalized spacial score (nSPS) is 10.7. The number of nitrogens with one attached hydrogen (secondary N) is 1. The Kier molecular flexibility index (Phi) is 3.94. The number of carbonyl (C=O) groups is 1. The van der Waals surface area contributed by atoms with Crippen molar-refractivity contribution >= 4 is 5.91 Å². The Bertz CT molecular complexity index is 557. The summed E-state index contributed by atoms with van der Waals surface area (Å²) in [5.74, 6) is -0.202. The summed E-state index contributed by atoms with van der Waals surface area (Å²) in [6.45, 7) is 5.93. The van der Waals surface area contributed by atoms with Crippen molar-refractivity contribution < 1.29 is 4.79 Å². The van der Waals surface area contributed by atoms with E-state index in [2.05, 4.69) is 22.6 Å². The number of carbonyl (C=O) groups excluding carboxylic acids is 1. The molecule has 0 aliphatic rings. The lowest BCUT2D eigenvalue weighted by molar-refractivity contribution is 0.0938. The second-order valence-corrected chi connectivity index (χ2v) is 4.70. The van der Waals surface area contributed by atoms with Crippen LogP contribution < -0.4 is 5.32 Å². The Labute approximate surface area is 112 Å². The molecule has 0 aliphatic carbocycles. The first-order chi connectivity index (χ1) is 9.10. The molecule has 2 aromatic rings. The molecule has 1 heterocycles. The topological polar surface area (TPSA) is 59.8 Å². The van der Waals surface area contributed by atoms with Crippen LogP contribution in [-0.4, -0.2) is 26.9 Å². The third-order valence-electron chi connectivity index (χ3n) is 2.75. The molecular weight excluding hydrogens is 240 g/mol. The van der Waals surface area contributed by atoms with Crippen LogP contribution in [0.3, 0.4) is 0 Å². The SMILES string of the molecule is CCc1ccc(-n2cc(C(=O)NC(C)C)nn2)cc1. The zero-order valence-electron chi connectivity index (χ0n) is 11.4. The van der Waals surface area contributed by atoms with Crippen molar-refractivity contribution in [3.05, 3.63) is 41.7 Å². The fraction of sp³-hybridized carbons (Fsp3) is 0.357. The van der Waals surface area contributed by atoms with Crippen LogP contribution in [0.2, 0.25) is 0 Å². The smallest absolute Gasteiger partial charge is 0.273 e. The number of hydrogen-bond acceptors (Lipinski definition) is 3. The van der Waals surface area contributed by atoms with Gasteiger partial charge >= 0.3 is 0 Å². The van der Waals surface area contributed by atoms with E-state index in [0.717, 1.165) is 12.1 Å². The highest BCUT2D eigenvalue weighted by Crippen LogP contribution is 2.09. The zero-order chi connectivity index (χ0) is 13.8. The molecule has 19 heavy (non-hydrogen) atoms. The van der Waals surface area contributed by atoms with E-state index in [9.17, 15) is 4.79 Å². The summed E-state index contributed by atoms with van der Waals surface area (Å²) < 4.78 is 1.61. The van der Waals surface area contributed by atoms with Gasteiger partial charge in [0.1, 0.15) is 0 Å². The van der Waals surface area contributed by atoms with E-state index < -0.39 is 0 Å².